The summed E-state index contributed by atoms with van der Waals surface area (Å²) in [5, 5.41) is 3.37. The zero-order valence-electron chi connectivity index (χ0n) is 12.2. The van der Waals surface area contributed by atoms with Crippen LogP contribution in [0.5, 0.6) is 0 Å². The van der Waals surface area contributed by atoms with Gasteiger partial charge >= 0.3 is 0 Å². The lowest BCUT2D eigenvalue weighted by molar-refractivity contribution is -0.126. The van der Waals surface area contributed by atoms with Gasteiger partial charge in [-0.1, -0.05) is 27.2 Å². The Labute approximate surface area is 111 Å². The van der Waals surface area contributed by atoms with Gasteiger partial charge in [0.05, 0.1) is 0 Å². The van der Waals surface area contributed by atoms with Crippen molar-refractivity contribution in [1.29, 1.82) is 0 Å². The molecule has 0 aliphatic heterocycles. The van der Waals surface area contributed by atoms with Gasteiger partial charge in [0, 0.05) is 0 Å². The summed E-state index contributed by atoms with van der Waals surface area (Å²) in [5.74, 6) is 0.238. The van der Waals surface area contributed by atoms with Gasteiger partial charge < -0.3 is 16.0 Å². The monoisotopic (exact) mass is 255 g/mol. The number of nitrogens with one attached hydrogen (secondary N) is 1. The van der Waals surface area contributed by atoms with Crippen molar-refractivity contribution < 1.29 is 4.79 Å². The van der Waals surface area contributed by atoms with Crippen molar-refractivity contribution in [2.75, 3.05) is 26.2 Å². The summed E-state index contributed by atoms with van der Waals surface area (Å²) < 4.78 is 0. The Hall–Kier alpha value is -0.610. The molecule has 0 radical (unpaired) electrons. The highest BCUT2D eigenvalue weighted by Gasteiger charge is 2.46. The van der Waals surface area contributed by atoms with E-state index in [1.807, 2.05) is 6.92 Å². The van der Waals surface area contributed by atoms with Crippen LogP contribution >= 0.6 is 0 Å². The fourth-order valence-electron chi connectivity index (χ4n) is 3.31. The Morgan fingerprint density at radius 2 is 2.06 bits per heavy atom. The van der Waals surface area contributed by atoms with Crippen LogP contribution in [0.1, 0.15) is 46.5 Å². The first-order chi connectivity index (χ1) is 8.60. The van der Waals surface area contributed by atoms with E-state index in [2.05, 4.69) is 24.1 Å². The third-order valence-electron chi connectivity index (χ3n) is 4.44. The number of carbonyl (C=O) groups is 1. The van der Waals surface area contributed by atoms with Gasteiger partial charge in [-0.05, 0) is 51.4 Å². The van der Waals surface area contributed by atoms with Crippen LogP contribution in [0.25, 0.3) is 0 Å². The number of hydrogen-bond donors (Lipinski definition) is 2. The molecule has 3 N–H and O–H groups in total. The van der Waals surface area contributed by atoms with Crippen molar-refractivity contribution in [2.24, 2.45) is 11.7 Å². The Morgan fingerprint density at radius 1 is 1.39 bits per heavy atom. The smallest absolute Gasteiger partial charge is 0.238 e. The lowest BCUT2D eigenvalue weighted by Crippen LogP contribution is -2.58. The van der Waals surface area contributed by atoms with E-state index in [9.17, 15) is 4.79 Å². The SMILES string of the molecule is CCNC1(C(N)=O)CCCC1CCN(CC)CC. The molecule has 0 aromatic heterocycles. The van der Waals surface area contributed by atoms with Crippen molar-refractivity contribution in [2.45, 2.75) is 52.0 Å². The number of primary amides is 1. The maximum Gasteiger partial charge on any atom is 0.238 e. The molecule has 0 bridgehead atoms. The van der Waals surface area contributed by atoms with E-state index < -0.39 is 5.54 Å². The van der Waals surface area contributed by atoms with Crippen LogP contribution in [0, 0.1) is 5.92 Å². The molecule has 1 aliphatic rings. The van der Waals surface area contributed by atoms with E-state index in [1.165, 1.54) is 0 Å². The Morgan fingerprint density at radius 3 is 2.56 bits per heavy atom. The number of likely N-dealkylation sites (N-methyl/N-ethyl adjacent to an activating group) is 1. The van der Waals surface area contributed by atoms with E-state index in [0.29, 0.717) is 5.92 Å². The molecule has 0 heterocycles. The summed E-state index contributed by atoms with van der Waals surface area (Å²) in [6.45, 7) is 10.4. The van der Waals surface area contributed by atoms with E-state index in [4.69, 9.17) is 5.73 Å². The lowest BCUT2D eigenvalue weighted by atomic mass is 9.83. The highest BCUT2D eigenvalue weighted by atomic mass is 16.1. The van der Waals surface area contributed by atoms with Crippen LogP contribution in [-0.4, -0.2) is 42.5 Å². The third kappa shape index (κ3) is 3.23. The quantitative estimate of drug-likeness (QED) is 0.688. The summed E-state index contributed by atoms with van der Waals surface area (Å²) in [4.78, 5) is 14.3. The molecule has 0 spiro atoms. The first kappa shape index (κ1) is 15.4. The molecule has 106 valence electrons. The van der Waals surface area contributed by atoms with Crippen LogP contribution in [0.4, 0.5) is 0 Å². The van der Waals surface area contributed by atoms with Crippen LogP contribution in [0.3, 0.4) is 0 Å². The molecule has 4 nitrogen and oxygen atoms in total. The first-order valence-corrected chi connectivity index (χ1v) is 7.38. The van der Waals surface area contributed by atoms with Gasteiger partial charge in [0.1, 0.15) is 5.54 Å². The maximum atomic E-state index is 11.9. The number of carbonyl (C=O) groups excluding carboxylic acids is 1. The Balaban J connectivity index is 2.64. The molecule has 2 atom stereocenters. The summed E-state index contributed by atoms with van der Waals surface area (Å²) in [5.41, 5.74) is 5.22. The highest BCUT2D eigenvalue weighted by Crippen LogP contribution is 2.37. The number of amides is 1. The number of nitrogens with zero attached hydrogens (tertiary/aromatic N) is 1. The number of hydrogen-bond acceptors (Lipinski definition) is 3. The van der Waals surface area contributed by atoms with Crippen molar-refractivity contribution in [3.05, 3.63) is 0 Å². The van der Waals surface area contributed by atoms with E-state index in [0.717, 1.165) is 51.9 Å². The van der Waals surface area contributed by atoms with E-state index in [-0.39, 0.29) is 5.91 Å². The average Bonchev–Trinajstić information content (AvgIpc) is 2.75. The zero-order chi connectivity index (χ0) is 13.6. The summed E-state index contributed by atoms with van der Waals surface area (Å²) in [6.07, 6.45) is 4.20. The Bertz CT molecular complexity index is 266. The molecular weight excluding hydrogens is 226 g/mol. The molecule has 0 aromatic carbocycles. The first-order valence-electron chi connectivity index (χ1n) is 7.38. The minimum Gasteiger partial charge on any atom is -0.368 e. The molecule has 0 aromatic rings. The highest BCUT2D eigenvalue weighted by molar-refractivity contribution is 5.85. The van der Waals surface area contributed by atoms with Crippen molar-refractivity contribution in [3.8, 4) is 0 Å². The van der Waals surface area contributed by atoms with Crippen molar-refractivity contribution in [1.82, 2.24) is 10.2 Å². The van der Waals surface area contributed by atoms with Crippen LogP contribution in [0.15, 0.2) is 0 Å². The van der Waals surface area contributed by atoms with Crippen molar-refractivity contribution >= 4 is 5.91 Å². The summed E-state index contributed by atoms with van der Waals surface area (Å²) >= 11 is 0. The minimum absolute atomic E-state index is 0.161. The second-order valence-electron chi connectivity index (χ2n) is 5.27. The fourth-order valence-corrected chi connectivity index (χ4v) is 3.31. The molecule has 0 saturated heterocycles. The van der Waals surface area contributed by atoms with Gasteiger partial charge in [-0.25, -0.2) is 0 Å². The van der Waals surface area contributed by atoms with Gasteiger partial charge in [0.15, 0.2) is 0 Å². The second kappa shape index (κ2) is 7.10. The molecule has 4 heteroatoms. The van der Waals surface area contributed by atoms with Gasteiger partial charge in [0.25, 0.3) is 0 Å². The topological polar surface area (TPSA) is 58.4 Å². The van der Waals surface area contributed by atoms with Crippen LogP contribution in [-0.2, 0) is 4.79 Å². The predicted octanol–water partition coefficient (Wildman–Crippen LogP) is 1.35. The van der Waals surface area contributed by atoms with Gasteiger partial charge in [-0.3, -0.25) is 4.79 Å². The minimum atomic E-state index is -0.443. The molecule has 2 unspecified atom stereocenters. The van der Waals surface area contributed by atoms with Gasteiger partial charge in [0.2, 0.25) is 5.91 Å². The van der Waals surface area contributed by atoms with Gasteiger partial charge in [-0.15, -0.1) is 0 Å². The van der Waals surface area contributed by atoms with Crippen LogP contribution < -0.4 is 11.1 Å². The molecule has 1 rings (SSSR count). The number of rotatable bonds is 8. The molecule has 1 saturated carbocycles. The Kier molecular flexibility index (Phi) is 6.09. The maximum absolute atomic E-state index is 11.9. The number of nitrogens with two attached hydrogens (primary N) is 1. The zero-order valence-corrected chi connectivity index (χ0v) is 12.2. The normalized spacial score (nSPS) is 27.9. The van der Waals surface area contributed by atoms with Crippen LogP contribution in [0.2, 0.25) is 0 Å². The standard InChI is InChI=1S/C14H29N3O/c1-4-16-14(13(15)18)10-7-8-12(14)9-11-17(5-2)6-3/h12,16H,4-11H2,1-3H3,(H2,15,18). The molecule has 18 heavy (non-hydrogen) atoms. The average molecular weight is 255 g/mol. The second-order valence-corrected chi connectivity index (χ2v) is 5.27. The van der Waals surface area contributed by atoms with E-state index >= 15 is 0 Å². The molecule has 1 fully saturated rings. The fraction of sp³-hybridized carbons (Fsp3) is 0.929. The summed E-state index contributed by atoms with van der Waals surface area (Å²) in [6, 6.07) is 0. The predicted molar refractivity (Wildman–Crippen MR) is 75.3 cm³/mol. The molecule has 1 amide bonds. The molecule has 1 aliphatic carbocycles. The van der Waals surface area contributed by atoms with E-state index in [1.54, 1.807) is 0 Å². The summed E-state index contributed by atoms with van der Waals surface area (Å²) in [7, 11) is 0. The largest absolute Gasteiger partial charge is 0.368 e. The third-order valence-corrected chi connectivity index (χ3v) is 4.44. The van der Waals surface area contributed by atoms with Crippen molar-refractivity contribution in [3.63, 3.8) is 0 Å². The lowest BCUT2D eigenvalue weighted by Gasteiger charge is -2.34. The molecular formula is C14H29N3O. The van der Waals surface area contributed by atoms with Gasteiger partial charge in [-0.2, -0.15) is 0 Å².